The van der Waals surface area contributed by atoms with Gasteiger partial charge >= 0.3 is 5.97 Å². The minimum Gasteiger partial charge on any atom is -0.481 e. The standard InChI is InChI=1S/C11H12Cl2N2O2/c12-7-1-2-9(8(13)3-7)15-11(4-10(16)17)5-14-6-11/h1-3,14-15H,4-6H2,(H,16,17). The second kappa shape index (κ2) is 4.72. The average Bonchev–Trinajstić information content (AvgIpc) is 2.18. The zero-order valence-electron chi connectivity index (χ0n) is 8.96. The van der Waals surface area contributed by atoms with Gasteiger partial charge in [0.1, 0.15) is 0 Å². The third-order valence-corrected chi connectivity index (χ3v) is 3.30. The predicted octanol–water partition coefficient (Wildman–Crippen LogP) is 2.22. The van der Waals surface area contributed by atoms with Crippen molar-refractivity contribution in [1.82, 2.24) is 5.32 Å². The Morgan fingerprint density at radius 1 is 1.47 bits per heavy atom. The fraction of sp³-hybridized carbons (Fsp3) is 0.364. The quantitative estimate of drug-likeness (QED) is 0.788. The highest BCUT2D eigenvalue weighted by atomic mass is 35.5. The fourth-order valence-electron chi connectivity index (χ4n) is 1.85. The van der Waals surface area contributed by atoms with Crippen molar-refractivity contribution in [2.45, 2.75) is 12.0 Å². The molecule has 0 amide bonds. The molecule has 1 aromatic carbocycles. The lowest BCUT2D eigenvalue weighted by atomic mass is 9.88. The smallest absolute Gasteiger partial charge is 0.305 e. The van der Waals surface area contributed by atoms with Crippen LogP contribution in [0.1, 0.15) is 6.42 Å². The third-order valence-electron chi connectivity index (χ3n) is 2.75. The van der Waals surface area contributed by atoms with Crippen LogP contribution < -0.4 is 10.6 Å². The zero-order chi connectivity index (χ0) is 12.5. The van der Waals surface area contributed by atoms with E-state index in [1.54, 1.807) is 18.2 Å². The lowest BCUT2D eigenvalue weighted by molar-refractivity contribution is -0.138. The number of rotatable bonds is 4. The van der Waals surface area contributed by atoms with Crippen molar-refractivity contribution in [2.75, 3.05) is 18.4 Å². The molecular formula is C11H12Cl2N2O2. The van der Waals surface area contributed by atoms with E-state index >= 15 is 0 Å². The van der Waals surface area contributed by atoms with Gasteiger partial charge in [-0.25, -0.2) is 0 Å². The third kappa shape index (κ3) is 2.83. The number of hydrogen-bond acceptors (Lipinski definition) is 3. The molecule has 0 saturated carbocycles. The van der Waals surface area contributed by atoms with Gasteiger partial charge in [-0.2, -0.15) is 0 Å². The molecule has 4 nitrogen and oxygen atoms in total. The van der Waals surface area contributed by atoms with Crippen molar-refractivity contribution in [1.29, 1.82) is 0 Å². The zero-order valence-corrected chi connectivity index (χ0v) is 10.5. The maximum absolute atomic E-state index is 10.8. The first-order chi connectivity index (χ1) is 8.01. The molecule has 0 aliphatic carbocycles. The highest BCUT2D eigenvalue weighted by molar-refractivity contribution is 6.36. The van der Waals surface area contributed by atoms with Crippen LogP contribution in [0.25, 0.3) is 0 Å². The van der Waals surface area contributed by atoms with Gasteiger partial charge in [-0.1, -0.05) is 23.2 Å². The number of aliphatic carboxylic acids is 1. The second-order valence-electron chi connectivity index (χ2n) is 4.20. The minimum absolute atomic E-state index is 0.0545. The summed E-state index contributed by atoms with van der Waals surface area (Å²) in [7, 11) is 0. The Morgan fingerprint density at radius 2 is 2.18 bits per heavy atom. The molecular weight excluding hydrogens is 263 g/mol. The number of carboxylic acids is 1. The molecule has 6 heteroatoms. The van der Waals surface area contributed by atoms with Gasteiger partial charge in [-0.15, -0.1) is 0 Å². The molecule has 1 saturated heterocycles. The highest BCUT2D eigenvalue weighted by Crippen LogP contribution is 2.30. The molecule has 1 aromatic rings. The van der Waals surface area contributed by atoms with E-state index in [4.69, 9.17) is 28.3 Å². The van der Waals surface area contributed by atoms with Gasteiger partial charge in [0.05, 0.1) is 22.7 Å². The molecule has 92 valence electrons. The lowest BCUT2D eigenvalue weighted by Gasteiger charge is -2.43. The molecule has 0 bridgehead atoms. The second-order valence-corrected chi connectivity index (χ2v) is 5.05. The molecule has 1 aliphatic rings. The molecule has 1 fully saturated rings. The summed E-state index contributed by atoms with van der Waals surface area (Å²) in [6.07, 6.45) is 0.0545. The van der Waals surface area contributed by atoms with Crippen LogP contribution in [0.15, 0.2) is 18.2 Å². The molecule has 0 unspecified atom stereocenters. The number of anilines is 1. The van der Waals surface area contributed by atoms with E-state index in [0.29, 0.717) is 28.8 Å². The summed E-state index contributed by atoms with van der Waals surface area (Å²) in [4.78, 5) is 10.8. The molecule has 0 spiro atoms. The van der Waals surface area contributed by atoms with Gasteiger partial charge in [0.2, 0.25) is 0 Å². The highest BCUT2D eigenvalue weighted by Gasteiger charge is 2.39. The van der Waals surface area contributed by atoms with E-state index in [2.05, 4.69) is 10.6 Å². The maximum atomic E-state index is 10.8. The maximum Gasteiger partial charge on any atom is 0.305 e. The van der Waals surface area contributed by atoms with Crippen LogP contribution >= 0.6 is 23.2 Å². The van der Waals surface area contributed by atoms with Gasteiger partial charge in [0.25, 0.3) is 0 Å². The summed E-state index contributed by atoms with van der Waals surface area (Å²) in [6.45, 7) is 1.22. The van der Waals surface area contributed by atoms with Gasteiger partial charge in [-0.05, 0) is 18.2 Å². The van der Waals surface area contributed by atoms with Crippen molar-refractivity contribution in [3.63, 3.8) is 0 Å². The monoisotopic (exact) mass is 274 g/mol. The van der Waals surface area contributed by atoms with Crippen LogP contribution in [-0.2, 0) is 4.79 Å². The summed E-state index contributed by atoms with van der Waals surface area (Å²) in [6, 6.07) is 5.11. The van der Waals surface area contributed by atoms with Crippen LogP contribution in [-0.4, -0.2) is 29.7 Å². The normalized spacial score (nSPS) is 17.3. The topological polar surface area (TPSA) is 61.4 Å². The van der Waals surface area contributed by atoms with Gasteiger partial charge in [-0.3, -0.25) is 4.79 Å². The number of carbonyl (C=O) groups is 1. The first-order valence-electron chi connectivity index (χ1n) is 5.17. The molecule has 3 N–H and O–H groups in total. The largest absolute Gasteiger partial charge is 0.481 e. The first-order valence-corrected chi connectivity index (χ1v) is 5.92. The van der Waals surface area contributed by atoms with Crippen molar-refractivity contribution >= 4 is 34.9 Å². The van der Waals surface area contributed by atoms with Crippen LogP contribution in [0.3, 0.4) is 0 Å². The van der Waals surface area contributed by atoms with Crippen LogP contribution in [0, 0.1) is 0 Å². The van der Waals surface area contributed by atoms with Gasteiger partial charge in [0, 0.05) is 18.1 Å². The first kappa shape index (κ1) is 12.5. The number of nitrogens with one attached hydrogen (secondary N) is 2. The van der Waals surface area contributed by atoms with E-state index in [9.17, 15) is 4.79 Å². The van der Waals surface area contributed by atoms with Gasteiger partial charge in [0.15, 0.2) is 0 Å². The molecule has 0 atom stereocenters. The number of halogens is 2. The molecule has 0 radical (unpaired) electrons. The Labute approximate surface area is 109 Å². The molecule has 1 aliphatic heterocycles. The van der Waals surface area contributed by atoms with Crippen molar-refractivity contribution < 1.29 is 9.90 Å². The molecule has 1 heterocycles. The molecule has 2 rings (SSSR count). The Kier molecular flexibility index (Phi) is 3.47. The van der Waals surface area contributed by atoms with E-state index in [0.717, 1.165) is 0 Å². The number of hydrogen-bond donors (Lipinski definition) is 3. The Morgan fingerprint density at radius 3 is 2.65 bits per heavy atom. The SMILES string of the molecule is O=C(O)CC1(Nc2ccc(Cl)cc2Cl)CNC1. The summed E-state index contributed by atoms with van der Waals surface area (Å²) >= 11 is 11.8. The summed E-state index contributed by atoms with van der Waals surface area (Å²) in [5.41, 5.74) is 0.252. The van der Waals surface area contributed by atoms with E-state index in [-0.39, 0.29) is 6.42 Å². The van der Waals surface area contributed by atoms with Crippen molar-refractivity contribution in [3.05, 3.63) is 28.2 Å². The van der Waals surface area contributed by atoms with Crippen molar-refractivity contribution in [3.8, 4) is 0 Å². The average molecular weight is 275 g/mol. The lowest BCUT2D eigenvalue weighted by Crippen LogP contribution is -2.65. The fourth-order valence-corrected chi connectivity index (χ4v) is 2.31. The molecule has 17 heavy (non-hydrogen) atoms. The number of carboxylic acid groups (broad SMARTS) is 1. The summed E-state index contributed by atoms with van der Waals surface area (Å²) in [5.74, 6) is -0.830. The Bertz CT molecular complexity index is 447. The molecule has 0 aromatic heterocycles. The van der Waals surface area contributed by atoms with E-state index in [1.807, 2.05) is 0 Å². The van der Waals surface area contributed by atoms with E-state index < -0.39 is 11.5 Å². The van der Waals surface area contributed by atoms with Gasteiger partial charge < -0.3 is 15.7 Å². The van der Waals surface area contributed by atoms with E-state index in [1.165, 1.54) is 0 Å². The van der Waals surface area contributed by atoms with Crippen LogP contribution in [0.5, 0.6) is 0 Å². The Hall–Kier alpha value is -0.970. The van der Waals surface area contributed by atoms with Crippen LogP contribution in [0.2, 0.25) is 10.0 Å². The number of benzene rings is 1. The summed E-state index contributed by atoms with van der Waals surface area (Å²) in [5, 5.41) is 16.2. The Balaban J connectivity index is 2.15. The summed E-state index contributed by atoms with van der Waals surface area (Å²) < 4.78 is 0. The van der Waals surface area contributed by atoms with Crippen molar-refractivity contribution in [2.24, 2.45) is 0 Å². The minimum atomic E-state index is -0.830. The van der Waals surface area contributed by atoms with Crippen LogP contribution in [0.4, 0.5) is 5.69 Å². The predicted molar refractivity (Wildman–Crippen MR) is 67.9 cm³/mol.